The van der Waals surface area contributed by atoms with Crippen molar-refractivity contribution in [3.05, 3.63) is 64.9 Å². The molecule has 1 aliphatic heterocycles. The topological polar surface area (TPSA) is 119 Å². The molecule has 1 unspecified atom stereocenters. The molecular formula is C28H35N5O6. The number of carbonyl (C=O) groups is 3. The summed E-state index contributed by atoms with van der Waals surface area (Å²) in [6.45, 7) is 11.5. The number of aryl methyl sites for hydroxylation is 3. The number of piperazine rings is 1. The highest BCUT2D eigenvalue weighted by Gasteiger charge is 2.29. The first-order valence-electron chi connectivity index (χ1n) is 13.0. The highest BCUT2D eigenvalue weighted by molar-refractivity contribution is 6.02. The van der Waals surface area contributed by atoms with Crippen LogP contribution in [0.2, 0.25) is 0 Å². The van der Waals surface area contributed by atoms with Crippen molar-refractivity contribution in [2.75, 3.05) is 38.1 Å². The van der Waals surface area contributed by atoms with Gasteiger partial charge in [-0.3, -0.25) is 14.3 Å². The minimum absolute atomic E-state index is 0.113. The summed E-state index contributed by atoms with van der Waals surface area (Å²) in [5.74, 6) is 0.855. The number of nitrogens with zero attached hydrogens (tertiary/aromatic N) is 4. The Morgan fingerprint density at radius 2 is 1.74 bits per heavy atom. The summed E-state index contributed by atoms with van der Waals surface area (Å²) in [5, 5.41) is 7.25. The lowest BCUT2D eigenvalue weighted by Gasteiger charge is -2.35. The summed E-state index contributed by atoms with van der Waals surface area (Å²) < 4.78 is 18.0. The third-order valence-corrected chi connectivity index (χ3v) is 6.78. The monoisotopic (exact) mass is 537 g/mol. The fraction of sp³-hybridized carbons (Fsp3) is 0.429. The average molecular weight is 538 g/mol. The van der Waals surface area contributed by atoms with Crippen LogP contribution in [0.15, 0.2) is 40.9 Å². The summed E-state index contributed by atoms with van der Waals surface area (Å²) in [6, 6.07) is 8.57. The lowest BCUT2D eigenvalue weighted by atomic mass is 10.1. The lowest BCUT2D eigenvalue weighted by molar-refractivity contribution is -0.136. The molecule has 208 valence electrons. The molecule has 11 heteroatoms. The number of benzene rings is 1. The largest absolute Gasteiger partial charge is 0.486 e. The van der Waals surface area contributed by atoms with Gasteiger partial charge in [0.2, 0.25) is 5.91 Å². The Labute approximate surface area is 227 Å². The van der Waals surface area contributed by atoms with E-state index in [4.69, 9.17) is 13.9 Å². The van der Waals surface area contributed by atoms with Gasteiger partial charge < -0.3 is 29.0 Å². The smallest absolute Gasteiger partial charge is 0.409 e. The predicted molar refractivity (Wildman–Crippen MR) is 144 cm³/mol. The standard InChI is InChI=1S/C28H35N5O6/c1-6-37-28(36)32-13-11-31(12-14-32)27(35)21(5)33-16-24(20(4)30-33)29-26(34)25-10-9-23(39-25)17-38-22-8-7-18(2)19(3)15-22/h7-10,15-16,21H,6,11-14,17H2,1-5H3,(H,29,34). The fourth-order valence-corrected chi connectivity index (χ4v) is 4.22. The maximum absolute atomic E-state index is 13.1. The first-order chi connectivity index (χ1) is 18.7. The van der Waals surface area contributed by atoms with E-state index in [0.717, 1.165) is 11.3 Å². The number of hydrogen-bond donors (Lipinski definition) is 1. The van der Waals surface area contributed by atoms with Crippen LogP contribution in [-0.4, -0.2) is 70.3 Å². The Hall–Kier alpha value is -4.28. The van der Waals surface area contributed by atoms with Gasteiger partial charge in [-0.1, -0.05) is 6.07 Å². The number of nitrogens with one attached hydrogen (secondary N) is 1. The van der Waals surface area contributed by atoms with Crippen molar-refractivity contribution in [2.45, 2.75) is 47.3 Å². The molecule has 0 bridgehead atoms. The van der Waals surface area contributed by atoms with Gasteiger partial charge in [0.1, 0.15) is 24.2 Å². The van der Waals surface area contributed by atoms with E-state index in [9.17, 15) is 14.4 Å². The van der Waals surface area contributed by atoms with E-state index in [1.807, 2.05) is 32.0 Å². The van der Waals surface area contributed by atoms with Gasteiger partial charge in [-0.25, -0.2) is 4.79 Å². The number of amides is 3. The normalized spacial score (nSPS) is 14.2. The van der Waals surface area contributed by atoms with E-state index in [2.05, 4.69) is 10.4 Å². The number of aromatic nitrogens is 2. The summed E-state index contributed by atoms with van der Waals surface area (Å²) in [5.41, 5.74) is 3.37. The summed E-state index contributed by atoms with van der Waals surface area (Å²) in [4.78, 5) is 41.1. The maximum Gasteiger partial charge on any atom is 0.409 e. The first-order valence-corrected chi connectivity index (χ1v) is 13.0. The minimum atomic E-state index is -0.582. The van der Waals surface area contributed by atoms with Crippen molar-refractivity contribution in [1.29, 1.82) is 0 Å². The van der Waals surface area contributed by atoms with Gasteiger partial charge in [0.05, 0.1) is 18.0 Å². The Kier molecular flexibility index (Phi) is 8.58. The number of furan rings is 1. The lowest BCUT2D eigenvalue weighted by Crippen LogP contribution is -2.52. The number of carbonyl (C=O) groups excluding carboxylic acids is 3. The van der Waals surface area contributed by atoms with Gasteiger partial charge in [0.25, 0.3) is 5.91 Å². The third-order valence-electron chi connectivity index (χ3n) is 6.78. The van der Waals surface area contributed by atoms with E-state index in [-0.39, 0.29) is 24.4 Å². The fourth-order valence-electron chi connectivity index (χ4n) is 4.22. The highest BCUT2D eigenvalue weighted by atomic mass is 16.6. The zero-order chi connectivity index (χ0) is 28.1. The minimum Gasteiger partial charge on any atom is -0.486 e. The van der Waals surface area contributed by atoms with Crippen LogP contribution in [0.3, 0.4) is 0 Å². The van der Waals surface area contributed by atoms with Crippen LogP contribution in [0.5, 0.6) is 5.75 Å². The van der Waals surface area contributed by atoms with E-state index in [1.54, 1.807) is 48.9 Å². The van der Waals surface area contributed by atoms with Gasteiger partial charge in [0, 0.05) is 32.4 Å². The molecule has 2 aromatic heterocycles. The second-order valence-electron chi connectivity index (χ2n) is 9.55. The molecule has 1 fully saturated rings. The second-order valence-corrected chi connectivity index (χ2v) is 9.55. The van der Waals surface area contributed by atoms with Gasteiger partial charge in [0.15, 0.2) is 5.76 Å². The molecule has 1 aliphatic rings. The van der Waals surface area contributed by atoms with Crippen LogP contribution in [-0.2, 0) is 16.1 Å². The molecule has 0 aliphatic carbocycles. The molecule has 3 amide bonds. The molecule has 1 aromatic carbocycles. The van der Waals surface area contributed by atoms with Gasteiger partial charge in [-0.15, -0.1) is 0 Å². The van der Waals surface area contributed by atoms with Crippen molar-refractivity contribution in [3.8, 4) is 5.75 Å². The van der Waals surface area contributed by atoms with Crippen LogP contribution < -0.4 is 10.1 Å². The zero-order valence-electron chi connectivity index (χ0n) is 23.0. The van der Waals surface area contributed by atoms with Gasteiger partial charge in [-0.2, -0.15) is 5.10 Å². The molecule has 4 rings (SSSR count). The molecule has 1 N–H and O–H groups in total. The number of rotatable bonds is 8. The van der Waals surface area contributed by atoms with Crippen molar-refractivity contribution < 1.29 is 28.3 Å². The van der Waals surface area contributed by atoms with Crippen LogP contribution >= 0.6 is 0 Å². The summed E-state index contributed by atoms with van der Waals surface area (Å²) in [6.07, 6.45) is 1.27. The average Bonchev–Trinajstić information content (AvgIpc) is 3.55. The van der Waals surface area contributed by atoms with Crippen LogP contribution in [0, 0.1) is 20.8 Å². The maximum atomic E-state index is 13.1. The molecule has 1 saturated heterocycles. The molecule has 11 nitrogen and oxygen atoms in total. The van der Waals surface area contributed by atoms with E-state index in [1.165, 1.54) is 10.2 Å². The van der Waals surface area contributed by atoms with Crippen molar-refractivity contribution in [2.24, 2.45) is 0 Å². The summed E-state index contributed by atoms with van der Waals surface area (Å²) in [7, 11) is 0. The van der Waals surface area contributed by atoms with E-state index < -0.39 is 11.9 Å². The number of hydrogen-bond acceptors (Lipinski definition) is 7. The molecular weight excluding hydrogens is 502 g/mol. The molecule has 3 aromatic rings. The van der Waals surface area contributed by atoms with Crippen LogP contribution in [0.4, 0.5) is 10.5 Å². The predicted octanol–water partition coefficient (Wildman–Crippen LogP) is 4.09. The van der Waals surface area contributed by atoms with E-state index >= 15 is 0 Å². The Balaban J connectivity index is 1.32. The molecule has 0 radical (unpaired) electrons. The number of ether oxygens (including phenoxy) is 2. The van der Waals surface area contributed by atoms with E-state index in [0.29, 0.717) is 49.9 Å². The van der Waals surface area contributed by atoms with Gasteiger partial charge >= 0.3 is 6.09 Å². The Morgan fingerprint density at radius 1 is 1.03 bits per heavy atom. The van der Waals surface area contributed by atoms with Crippen molar-refractivity contribution >= 4 is 23.6 Å². The molecule has 3 heterocycles. The van der Waals surface area contributed by atoms with Gasteiger partial charge in [-0.05, 0) is 70.0 Å². The second kappa shape index (κ2) is 12.1. The number of anilines is 1. The molecule has 39 heavy (non-hydrogen) atoms. The van der Waals surface area contributed by atoms with Crippen molar-refractivity contribution in [1.82, 2.24) is 19.6 Å². The molecule has 0 spiro atoms. The SMILES string of the molecule is CCOC(=O)N1CCN(C(=O)C(C)n2cc(NC(=O)c3ccc(COc4ccc(C)c(C)c4)o3)c(C)n2)CC1. The molecule has 0 saturated carbocycles. The summed E-state index contributed by atoms with van der Waals surface area (Å²) >= 11 is 0. The Bertz CT molecular complexity index is 1340. The Morgan fingerprint density at radius 3 is 2.44 bits per heavy atom. The van der Waals surface area contributed by atoms with Crippen LogP contribution in [0.1, 0.15) is 53.0 Å². The zero-order valence-corrected chi connectivity index (χ0v) is 23.0. The van der Waals surface area contributed by atoms with Crippen molar-refractivity contribution in [3.63, 3.8) is 0 Å². The first kappa shape index (κ1) is 27.7. The highest BCUT2D eigenvalue weighted by Crippen LogP contribution is 2.21. The van der Waals surface area contributed by atoms with Crippen LogP contribution in [0.25, 0.3) is 0 Å². The third kappa shape index (κ3) is 6.60. The molecule has 1 atom stereocenters. The quantitative estimate of drug-likeness (QED) is 0.460.